The fourth-order valence-electron chi connectivity index (χ4n) is 3.20. The predicted molar refractivity (Wildman–Crippen MR) is 79.3 cm³/mol. The van der Waals surface area contributed by atoms with E-state index in [9.17, 15) is 13.2 Å². The number of rotatable bonds is 5. The summed E-state index contributed by atoms with van der Waals surface area (Å²) < 4.78 is 40.4. The van der Waals surface area contributed by atoms with E-state index in [1.54, 1.807) is 18.7 Å². The maximum absolute atomic E-state index is 12.2. The van der Waals surface area contributed by atoms with Gasteiger partial charge in [-0.25, -0.2) is 9.67 Å². The summed E-state index contributed by atoms with van der Waals surface area (Å²) in [6, 6.07) is 2.24. The first-order valence-electron chi connectivity index (χ1n) is 7.82. The minimum Gasteiger partial charge on any atom is -0.308 e. The van der Waals surface area contributed by atoms with Crippen molar-refractivity contribution in [2.45, 2.75) is 37.9 Å². The topological polar surface area (TPSA) is 47.7 Å². The predicted octanol–water partition coefficient (Wildman–Crippen LogP) is 2.95. The summed E-state index contributed by atoms with van der Waals surface area (Å²) in [4.78, 5) is 4.05. The summed E-state index contributed by atoms with van der Waals surface area (Å²) in [5.74, 6) is 1.28. The number of hydrogen-bond donors (Lipinski definition) is 1. The Morgan fingerprint density at radius 1 is 1.17 bits per heavy atom. The van der Waals surface area contributed by atoms with Crippen LogP contribution in [0.3, 0.4) is 0 Å². The van der Waals surface area contributed by atoms with Crippen molar-refractivity contribution in [3.63, 3.8) is 0 Å². The lowest BCUT2D eigenvalue weighted by molar-refractivity contribution is -0.125. The van der Waals surface area contributed by atoms with Gasteiger partial charge in [0.25, 0.3) is 0 Å². The van der Waals surface area contributed by atoms with Gasteiger partial charge in [-0.1, -0.05) is 0 Å². The lowest BCUT2D eigenvalue weighted by Gasteiger charge is -2.30. The third-order valence-electron chi connectivity index (χ3n) is 4.34. The van der Waals surface area contributed by atoms with E-state index >= 15 is 0 Å². The molecule has 8 heteroatoms. The van der Waals surface area contributed by atoms with E-state index in [-0.39, 0.29) is 0 Å². The van der Waals surface area contributed by atoms with E-state index in [0.29, 0.717) is 18.5 Å². The molecule has 1 aliphatic carbocycles. The first-order chi connectivity index (χ1) is 11.0. The molecule has 2 aromatic rings. The third-order valence-corrected chi connectivity index (χ3v) is 4.34. The van der Waals surface area contributed by atoms with Crippen LogP contribution in [0.5, 0.6) is 0 Å². The van der Waals surface area contributed by atoms with Crippen molar-refractivity contribution in [2.24, 2.45) is 5.92 Å². The van der Waals surface area contributed by atoms with Gasteiger partial charge in [-0.3, -0.25) is 4.57 Å². The van der Waals surface area contributed by atoms with Crippen molar-refractivity contribution in [1.29, 1.82) is 0 Å². The molecule has 1 fully saturated rings. The number of halogens is 3. The van der Waals surface area contributed by atoms with Crippen LogP contribution in [0.15, 0.2) is 31.0 Å². The molecule has 126 valence electrons. The second-order valence-electron chi connectivity index (χ2n) is 6.02. The van der Waals surface area contributed by atoms with E-state index in [1.807, 2.05) is 21.5 Å². The monoisotopic (exact) mass is 327 g/mol. The normalized spacial score (nSPS) is 22.4. The lowest BCUT2D eigenvalue weighted by atomic mass is 9.86. The van der Waals surface area contributed by atoms with Crippen LogP contribution >= 0.6 is 0 Å². The Hall–Kier alpha value is -1.83. The van der Waals surface area contributed by atoms with E-state index in [2.05, 4.69) is 15.4 Å². The van der Waals surface area contributed by atoms with Gasteiger partial charge in [0.15, 0.2) is 0 Å². The van der Waals surface area contributed by atoms with Crippen molar-refractivity contribution in [3.05, 3.63) is 31.0 Å². The molecule has 0 spiro atoms. The Labute approximate surface area is 132 Å². The number of alkyl halides is 3. The van der Waals surface area contributed by atoms with Crippen LogP contribution < -0.4 is 5.32 Å². The van der Waals surface area contributed by atoms with E-state index < -0.39 is 12.7 Å². The number of hydrogen-bond acceptors (Lipinski definition) is 3. The van der Waals surface area contributed by atoms with Gasteiger partial charge in [-0.15, -0.1) is 0 Å². The van der Waals surface area contributed by atoms with Crippen LogP contribution in [0.25, 0.3) is 5.82 Å². The largest absolute Gasteiger partial charge is 0.401 e. The van der Waals surface area contributed by atoms with Gasteiger partial charge in [0.1, 0.15) is 12.1 Å². The molecule has 0 aromatic carbocycles. The van der Waals surface area contributed by atoms with Crippen LogP contribution in [0, 0.1) is 5.92 Å². The summed E-state index contributed by atoms with van der Waals surface area (Å²) in [6.45, 7) is -0.476. The zero-order chi connectivity index (χ0) is 16.3. The van der Waals surface area contributed by atoms with Crippen molar-refractivity contribution >= 4 is 0 Å². The molecule has 5 nitrogen and oxygen atoms in total. The van der Waals surface area contributed by atoms with E-state index in [1.165, 1.54) is 0 Å². The van der Waals surface area contributed by atoms with Crippen LogP contribution in [0.4, 0.5) is 13.2 Å². The number of imidazole rings is 1. The van der Waals surface area contributed by atoms with Gasteiger partial charge in [-0.05, 0) is 38.1 Å². The van der Waals surface area contributed by atoms with Crippen molar-refractivity contribution < 1.29 is 13.2 Å². The maximum atomic E-state index is 12.2. The average Bonchev–Trinajstić information content (AvgIpc) is 3.17. The summed E-state index contributed by atoms with van der Waals surface area (Å²) in [7, 11) is 0. The summed E-state index contributed by atoms with van der Waals surface area (Å²) in [6.07, 6.45) is 6.67. The van der Waals surface area contributed by atoms with Crippen LogP contribution in [-0.2, 0) is 0 Å². The average molecular weight is 327 g/mol. The highest BCUT2D eigenvalue weighted by atomic mass is 19.4. The molecule has 3 rings (SSSR count). The van der Waals surface area contributed by atoms with Gasteiger partial charge in [0, 0.05) is 18.5 Å². The molecular formula is C15H20F3N5. The quantitative estimate of drug-likeness (QED) is 0.918. The highest BCUT2D eigenvalue weighted by molar-refractivity contribution is 5.21. The molecule has 0 radical (unpaired) electrons. The molecule has 2 aromatic heterocycles. The molecule has 1 N–H and O–H groups in total. The third kappa shape index (κ3) is 4.13. The first-order valence-corrected chi connectivity index (χ1v) is 7.82. The molecule has 23 heavy (non-hydrogen) atoms. The Balaban J connectivity index is 1.53. The fraction of sp³-hybridized carbons (Fsp3) is 0.600. The first kappa shape index (κ1) is 16.0. The minimum atomic E-state index is -4.13. The lowest BCUT2D eigenvalue weighted by Crippen LogP contribution is -2.34. The molecule has 0 aliphatic heterocycles. The van der Waals surface area contributed by atoms with Crippen LogP contribution in [-0.4, -0.2) is 38.6 Å². The van der Waals surface area contributed by atoms with Crippen molar-refractivity contribution in [3.8, 4) is 5.82 Å². The summed E-state index contributed by atoms with van der Waals surface area (Å²) in [5.41, 5.74) is 0. The Kier molecular flexibility index (Phi) is 4.70. The molecule has 2 heterocycles. The van der Waals surface area contributed by atoms with Crippen molar-refractivity contribution in [1.82, 2.24) is 24.6 Å². The Morgan fingerprint density at radius 3 is 2.61 bits per heavy atom. The number of nitrogens with one attached hydrogen (secondary N) is 1. The molecule has 0 unspecified atom stereocenters. The van der Waals surface area contributed by atoms with Gasteiger partial charge in [-0.2, -0.15) is 18.3 Å². The SMILES string of the molecule is FC(F)(F)CNCC1CCC(n2nccc2-n2ccnc2)CC1. The Morgan fingerprint density at radius 2 is 1.96 bits per heavy atom. The second-order valence-corrected chi connectivity index (χ2v) is 6.02. The number of nitrogens with zero attached hydrogens (tertiary/aromatic N) is 4. The minimum absolute atomic E-state index is 0.293. The number of aromatic nitrogens is 4. The Bertz CT molecular complexity index is 597. The highest BCUT2D eigenvalue weighted by Crippen LogP contribution is 2.33. The summed E-state index contributed by atoms with van der Waals surface area (Å²) in [5, 5.41) is 6.94. The standard InChI is InChI=1S/C15H20F3N5/c16-15(17,18)10-20-9-12-1-3-13(4-2-12)23-14(5-6-21-23)22-8-7-19-11-22/h5-8,11-13,20H,1-4,9-10H2. The fourth-order valence-corrected chi connectivity index (χ4v) is 3.20. The van der Waals surface area contributed by atoms with Gasteiger partial charge < -0.3 is 5.32 Å². The van der Waals surface area contributed by atoms with E-state index in [4.69, 9.17) is 0 Å². The van der Waals surface area contributed by atoms with Crippen LogP contribution in [0.2, 0.25) is 0 Å². The molecule has 0 atom stereocenters. The molecule has 0 saturated heterocycles. The van der Waals surface area contributed by atoms with Gasteiger partial charge >= 0.3 is 6.18 Å². The maximum Gasteiger partial charge on any atom is 0.401 e. The van der Waals surface area contributed by atoms with Crippen molar-refractivity contribution in [2.75, 3.05) is 13.1 Å². The molecule has 0 bridgehead atoms. The molecule has 1 aliphatic rings. The summed E-state index contributed by atoms with van der Waals surface area (Å²) >= 11 is 0. The van der Waals surface area contributed by atoms with Gasteiger partial charge in [0.05, 0.1) is 18.8 Å². The zero-order valence-electron chi connectivity index (χ0n) is 12.7. The zero-order valence-corrected chi connectivity index (χ0v) is 12.7. The second kappa shape index (κ2) is 6.74. The smallest absolute Gasteiger partial charge is 0.308 e. The molecule has 0 amide bonds. The molecule has 1 saturated carbocycles. The van der Waals surface area contributed by atoms with E-state index in [0.717, 1.165) is 31.5 Å². The van der Waals surface area contributed by atoms with Crippen LogP contribution in [0.1, 0.15) is 31.7 Å². The highest BCUT2D eigenvalue weighted by Gasteiger charge is 2.28. The molecular weight excluding hydrogens is 307 g/mol. The van der Waals surface area contributed by atoms with Gasteiger partial charge in [0.2, 0.25) is 0 Å².